The lowest BCUT2D eigenvalue weighted by Gasteiger charge is -2.20. The number of nitrogens with zero attached hydrogens (tertiary/aromatic N) is 1. The largest absolute Gasteiger partial charge is 0.342 e. The first-order valence-electron chi connectivity index (χ1n) is 5.99. The van der Waals surface area contributed by atoms with Gasteiger partial charge in [-0.25, -0.2) is 4.98 Å². The molecule has 0 aliphatic rings. The number of benzene rings is 1. The molecule has 0 radical (unpaired) electrons. The summed E-state index contributed by atoms with van der Waals surface area (Å²) in [5.41, 5.74) is 3.10. The van der Waals surface area contributed by atoms with Gasteiger partial charge in [-0.2, -0.15) is 0 Å². The summed E-state index contributed by atoms with van der Waals surface area (Å²) in [5.74, 6) is 1.38. The second-order valence-electron chi connectivity index (χ2n) is 5.85. The molecular formula is C14H19ClN2. The van der Waals surface area contributed by atoms with Crippen LogP contribution in [0, 0.1) is 0 Å². The lowest BCUT2D eigenvalue weighted by atomic mass is 9.87. The summed E-state index contributed by atoms with van der Waals surface area (Å²) in [6, 6.07) is 4.16. The van der Waals surface area contributed by atoms with Crippen molar-refractivity contribution in [1.82, 2.24) is 9.97 Å². The summed E-state index contributed by atoms with van der Waals surface area (Å²) in [6.07, 6.45) is 0. The van der Waals surface area contributed by atoms with Crippen LogP contribution in [0.2, 0.25) is 5.02 Å². The van der Waals surface area contributed by atoms with Gasteiger partial charge in [0.1, 0.15) is 11.3 Å². The molecule has 1 N–H and O–H groups in total. The molecule has 0 aliphatic carbocycles. The molecule has 0 saturated heterocycles. The zero-order valence-corrected chi connectivity index (χ0v) is 11.8. The van der Waals surface area contributed by atoms with Gasteiger partial charge in [0.25, 0.3) is 0 Å². The highest BCUT2D eigenvalue weighted by Crippen LogP contribution is 2.34. The van der Waals surface area contributed by atoms with Gasteiger partial charge < -0.3 is 4.98 Å². The standard InChI is InChI=1S/C14H19ClN2/c1-8(2)13-16-10-7-6-9(14(3,4)5)11(15)12(10)17-13/h6-8H,1-5H3,(H,16,17). The maximum Gasteiger partial charge on any atom is 0.109 e. The van der Waals surface area contributed by atoms with Crippen LogP contribution in [0.5, 0.6) is 0 Å². The van der Waals surface area contributed by atoms with E-state index in [9.17, 15) is 0 Å². The van der Waals surface area contributed by atoms with Gasteiger partial charge in [-0.05, 0) is 17.0 Å². The fourth-order valence-electron chi connectivity index (χ4n) is 1.91. The highest BCUT2D eigenvalue weighted by molar-refractivity contribution is 6.35. The first-order valence-corrected chi connectivity index (χ1v) is 6.37. The average Bonchev–Trinajstić information content (AvgIpc) is 2.60. The number of hydrogen-bond donors (Lipinski definition) is 1. The van der Waals surface area contributed by atoms with Gasteiger partial charge in [0, 0.05) is 5.92 Å². The van der Waals surface area contributed by atoms with E-state index in [4.69, 9.17) is 11.6 Å². The summed E-state index contributed by atoms with van der Waals surface area (Å²) in [6.45, 7) is 10.7. The number of H-pyrrole nitrogens is 1. The van der Waals surface area contributed by atoms with E-state index >= 15 is 0 Å². The number of hydrogen-bond acceptors (Lipinski definition) is 1. The Balaban J connectivity index is 2.67. The number of nitrogens with one attached hydrogen (secondary N) is 1. The Bertz CT molecular complexity index is 547. The van der Waals surface area contributed by atoms with Crippen molar-refractivity contribution in [3.8, 4) is 0 Å². The van der Waals surface area contributed by atoms with Crippen molar-refractivity contribution < 1.29 is 0 Å². The van der Waals surface area contributed by atoms with Crippen molar-refractivity contribution in [2.24, 2.45) is 0 Å². The summed E-state index contributed by atoms with van der Waals surface area (Å²) in [7, 11) is 0. The molecule has 2 aromatic rings. The summed E-state index contributed by atoms with van der Waals surface area (Å²) in [5, 5.41) is 0.776. The Hall–Kier alpha value is -1.02. The first kappa shape index (κ1) is 12.4. The smallest absolute Gasteiger partial charge is 0.109 e. The summed E-state index contributed by atoms with van der Waals surface area (Å²) < 4.78 is 0. The Morgan fingerprint density at radius 2 is 1.88 bits per heavy atom. The van der Waals surface area contributed by atoms with E-state index in [0.717, 1.165) is 27.4 Å². The zero-order chi connectivity index (χ0) is 12.8. The van der Waals surface area contributed by atoms with Crippen LogP contribution in [-0.2, 0) is 5.41 Å². The van der Waals surface area contributed by atoms with Gasteiger partial charge >= 0.3 is 0 Å². The highest BCUT2D eigenvalue weighted by Gasteiger charge is 2.20. The van der Waals surface area contributed by atoms with Crippen molar-refractivity contribution in [2.75, 3.05) is 0 Å². The van der Waals surface area contributed by atoms with Crippen LogP contribution < -0.4 is 0 Å². The summed E-state index contributed by atoms with van der Waals surface area (Å²) in [4.78, 5) is 7.92. The molecule has 2 rings (SSSR count). The molecule has 92 valence electrons. The van der Waals surface area contributed by atoms with Crippen molar-refractivity contribution in [3.05, 3.63) is 28.5 Å². The maximum atomic E-state index is 6.46. The lowest BCUT2D eigenvalue weighted by Crippen LogP contribution is -2.11. The van der Waals surface area contributed by atoms with E-state index in [1.54, 1.807) is 0 Å². The molecule has 0 saturated carbocycles. The van der Waals surface area contributed by atoms with Crippen LogP contribution in [0.1, 0.15) is 51.9 Å². The van der Waals surface area contributed by atoms with Crippen LogP contribution >= 0.6 is 11.6 Å². The van der Waals surface area contributed by atoms with E-state index in [1.165, 1.54) is 0 Å². The monoisotopic (exact) mass is 250 g/mol. The van der Waals surface area contributed by atoms with Gasteiger partial charge in [-0.3, -0.25) is 0 Å². The second kappa shape index (κ2) is 4.02. The minimum absolute atomic E-state index is 0.0439. The summed E-state index contributed by atoms with van der Waals surface area (Å²) >= 11 is 6.46. The molecule has 17 heavy (non-hydrogen) atoms. The molecule has 0 atom stereocenters. The van der Waals surface area contributed by atoms with Crippen LogP contribution in [-0.4, -0.2) is 9.97 Å². The zero-order valence-electron chi connectivity index (χ0n) is 11.1. The Morgan fingerprint density at radius 3 is 2.41 bits per heavy atom. The third kappa shape index (κ3) is 2.19. The fourth-order valence-corrected chi connectivity index (χ4v) is 2.40. The highest BCUT2D eigenvalue weighted by atomic mass is 35.5. The minimum atomic E-state index is 0.0439. The Kier molecular flexibility index (Phi) is 2.94. The van der Waals surface area contributed by atoms with Crippen LogP contribution in [0.25, 0.3) is 11.0 Å². The molecule has 0 unspecified atom stereocenters. The van der Waals surface area contributed by atoms with E-state index < -0.39 is 0 Å². The molecule has 0 aliphatic heterocycles. The number of halogens is 1. The maximum absolute atomic E-state index is 6.46. The topological polar surface area (TPSA) is 28.7 Å². The number of aromatic nitrogens is 2. The van der Waals surface area contributed by atoms with Crippen molar-refractivity contribution >= 4 is 22.6 Å². The average molecular weight is 251 g/mol. The Labute approximate surface area is 107 Å². The van der Waals surface area contributed by atoms with Crippen LogP contribution in [0.15, 0.2) is 12.1 Å². The normalized spacial score (nSPS) is 12.6. The van der Waals surface area contributed by atoms with E-state index in [1.807, 2.05) is 0 Å². The van der Waals surface area contributed by atoms with Gasteiger partial charge in [0.15, 0.2) is 0 Å². The molecular weight excluding hydrogens is 232 g/mol. The number of imidazole rings is 1. The minimum Gasteiger partial charge on any atom is -0.342 e. The molecule has 0 spiro atoms. The Morgan fingerprint density at radius 1 is 1.24 bits per heavy atom. The van der Waals surface area contributed by atoms with Crippen LogP contribution in [0.3, 0.4) is 0 Å². The third-order valence-corrected chi connectivity index (χ3v) is 3.35. The molecule has 3 heteroatoms. The SMILES string of the molecule is CC(C)c1nc2c(Cl)c(C(C)(C)C)ccc2[nH]1. The van der Waals surface area contributed by atoms with Gasteiger partial charge in [0.05, 0.1) is 10.5 Å². The van der Waals surface area contributed by atoms with Gasteiger partial charge in [0.2, 0.25) is 0 Å². The second-order valence-corrected chi connectivity index (χ2v) is 6.23. The number of aromatic amines is 1. The predicted octanol–water partition coefficient (Wildman–Crippen LogP) is 4.64. The number of fused-ring (bicyclic) bond motifs is 1. The quantitative estimate of drug-likeness (QED) is 0.785. The first-order chi connectivity index (χ1) is 7.80. The molecule has 1 aromatic carbocycles. The van der Waals surface area contributed by atoms with E-state index in [2.05, 4.69) is 56.7 Å². The van der Waals surface area contributed by atoms with Crippen molar-refractivity contribution in [1.29, 1.82) is 0 Å². The van der Waals surface area contributed by atoms with Crippen molar-refractivity contribution in [2.45, 2.75) is 46.0 Å². The van der Waals surface area contributed by atoms with Gasteiger partial charge in [-0.15, -0.1) is 0 Å². The molecule has 1 heterocycles. The molecule has 1 aromatic heterocycles. The van der Waals surface area contributed by atoms with Crippen LogP contribution in [0.4, 0.5) is 0 Å². The van der Waals surface area contributed by atoms with Crippen molar-refractivity contribution in [3.63, 3.8) is 0 Å². The molecule has 0 amide bonds. The number of rotatable bonds is 1. The van der Waals surface area contributed by atoms with E-state index in [0.29, 0.717) is 5.92 Å². The third-order valence-electron chi connectivity index (χ3n) is 2.97. The molecule has 2 nitrogen and oxygen atoms in total. The lowest BCUT2D eigenvalue weighted by molar-refractivity contribution is 0.591. The van der Waals surface area contributed by atoms with Gasteiger partial charge in [-0.1, -0.05) is 52.3 Å². The molecule has 0 fully saturated rings. The molecule has 0 bridgehead atoms. The fraction of sp³-hybridized carbons (Fsp3) is 0.500. The van der Waals surface area contributed by atoms with E-state index in [-0.39, 0.29) is 5.41 Å². The predicted molar refractivity (Wildman–Crippen MR) is 73.9 cm³/mol.